The smallest absolute Gasteiger partial charge is 0.127 e. The van der Waals surface area contributed by atoms with Gasteiger partial charge in [-0.15, -0.1) is 0 Å². The van der Waals surface area contributed by atoms with Crippen molar-refractivity contribution in [3.8, 4) is 0 Å². The molecular weight excluding hydrogens is 205 g/mol. The van der Waals surface area contributed by atoms with E-state index in [1.807, 2.05) is 0 Å². The van der Waals surface area contributed by atoms with Crippen LogP contribution in [0.3, 0.4) is 0 Å². The fourth-order valence-corrected chi connectivity index (χ4v) is 1.56. The molecule has 0 atom stereocenters. The largest absolute Gasteiger partial charge is 0.384 e. The molecule has 0 spiro atoms. The van der Waals surface area contributed by atoms with E-state index in [0.29, 0.717) is 18.1 Å². The number of nitrogen functional groups attached to an aromatic ring is 1. The lowest BCUT2D eigenvalue weighted by molar-refractivity contribution is 0.627. The number of aromatic nitrogens is 2. The summed E-state index contributed by atoms with van der Waals surface area (Å²) in [6, 6.07) is 8.09. The molecule has 82 valence electrons. The molecule has 4 heteroatoms. The Kier molecular flexibility index (Phi) is 2.81. The van der Waals surface area contributed by atoms with Crippen molar-refractivity contribution in [3.63, 3.8) is 0 Å². The van der Waals surface area contributed by atoms with Gasteiger partial charge in [-0.1, -0.05) is 12.1 Å². The molecule has 0 aliphatic rings. The van der Waals surface area contributed by atoms with Crippen molar-refractivity contribution < 1.29 is 4.39 Å². The van der Waals surface area contributed by atoms with Gasteiger partial charge in [-0.25, -0.2) is 14.4 Å². The van der Waals surface area contributed by atoms with Gasteiger partial charge in [0.25, 0.3) is 0 Å². The van der Waals surface area contributed by atoms with E-state index in [4.69, 9.17) is 5.73 Å². The Balaban J connectivity index is 2.23. The maximum Gasteiger partial charge on any atom is 0.127 e. The first kappa shape index (κ1) is 10.5. The van der Waals surface area contributed by atoms with Gasteiger partial charge in [0.1, 0.15) is 17.5 Å². The zero-order valence-electron chi connectivity index (χ0n) is 8.94. The van der Waals surface area contributed by atoms with Gasteiger partial charge in [0, 0.05) is 12.5 Å². The summed E-state index contributed by atoms with van der Waals surface area (Å²) in [5.74, 6) is 0.879. The molecular formula is C12H12FN3. The summed E-state index contributed by atoms with van der Waals surface area (Å²) in [6.07, 6.45) is 0.633. The summed E-state index contributed by atoms with van der Waals surface area (Å²) >= 11 is 0. The molecule has 0 aliphatic heterocycles. The first-order valence-corrected chi connectivity index (χ1v) is 4.98. The molecule has 3 nitrogen and oxygen atoms in total. The number of halogens is 1. The summed E-state index contributed by atoms with van der Waals surface area (Å²) in [5.41, 5.74) is 7.47. The normalized spacial score (nSPS) is 10.4. The van der Waals surface area contributed by atoms with E-state index in [0.717, 1.165) is 11.3 Å². The third-order valence-electron chi connectivity index (χ3n) is 2.21. The Morgan fingerprint density at radius 2 is 1.88 bits per heavy atom. The minimum absolute atomic E-state index is 0.234. The van der Waals surface area contributed by atoms with Crippen LogP contribution in [-0.4, -0.2) is 9.97 Å². The molecule has 1 aromatic heterocycles. The Bertz CT molecular complexity index is 474. The first-order chi connectivity index (χ1) is 7.63. The highest BCUT2D eigenvalue weighted by Crippen LogP contribution is 2.10. The van der Waals surface area contributed by atoms with E-state index in [1.54, 1.807) is 25.1 Å². The highest BCUT2D eigenvalue weighted by molar-refractivity contribution is 5.32. The van der Waals surface area contributed by atoms with Crippen LogP contribution in [0.25, 0.3) is 0 Å². The predicted octanol–water partition coefficient (Wildman–Crippen LogP) is 2.10. The van der Waals surface area contributed by atoms with Gasteiger partial charge in [-0.2, -0.15) is 0 Å². The van der Waals surface area contributed by atoms with Crippen LogP contribution in [0.15, 0.2) is 30.3 Å². The quantitative estimate of drug-likeness (QED) is 0.838. The lowest BCUT2D eigenvalue weighted by atomic mass is 10.1. The lowest BCUT2D eigenvalue weighted by Gasteiger charge is -2.03. The van der Waals surface area contributed by atoms with Gasteiger partial charge in [-0.05, 0) is 24.6 Å². The van der Waals surface area contributed by atoms with Crippen LogP contribution in [0.1, 0.15) is 17.1 Å². The summed E-state index contributed by atoms with van der Waals surface area (Å²) in [6.45, 7) is 1.80. The first-order valence-electron chi connectivity index (χ1n) is 4.98. The number of rotatable bonds is 2. The minimum Gasteiger partial charge on any atom is -0.384 e. The summed E-state index contributed by atoms with van der Waals surface area (Å²) in [5, 5.41) is 0. The van der Waals surface area contributed by atoms with Gasteiger partial charge >= 0.3 is 0 Å². The number of hydrogen-bond acceptors (Lipinski definition) is 3. The average molecular weight is 217 g/mol. The van der Waals surface area contributed by atoms with Crippen molar-refractivity contribution in [2.24, 2.45) is 0 Å². The standard InChI is InChI=1S/C12H12FN3/c1-8-15-11(7-12(14)16-8)6-9-2-4-10(13)5-3-9/h2-5,7H,6H2,1H3,(H2,14,15,16). The van der Waals surface area contributed by atoms with Gasteiger partial charge in [-0.3, -0.25) is 0 Å². The fraction of sp³-hybridized carbons (Fsp3) is 0.167. The van der Waals surface area contributed by atoms with E-state index >= 15 is 0 Å². The molecule has 0 aliphatic carbocycles. The molecule has 0 saturated heterocycles. The topological polar surface area (TPSA) is 51.8 Å². The van der Waals surface area contributed by atoms with Crippen LogP contribution < -0.4 is 5.73 Å². The third kappa shape index (κ3) is 2.53. The molecule has 0 unspecified atom stereocenters. The number of benzene rings is 1. The van der Waals surface area contributed by atoms with Crippen molar-refractivity contribution >= 4 is 5.82 Å². The summed E-state index contributed by atoms with van der Waals surface area (Å²) in [4.78, 5) is 8.26. The second-order valence-electron chi connectivity index (χ2n) is 3.63. The number of anilines is 1. The molecule has 16 heavy (non-hydrogen) atoms. The van der Waals surface area contributed by atoms with E-state index in [9.17, 15) is 4.39 Å². The van der Waals surface area contributed by atoms with Crippen LogP contribution in [0, 0.1) is 12.7 Å². The van der Waals surface area contributed by atoms with Crippen LogP contribution in [0.2, 0.25) is 0 Å². The minimum atomic E-state index is -0.234. The SMILES string of the molecule is Cc1nc(N)cc(Cc2ccc(F)cc2)n1. The molecule has 1 aromatic carbocycles. The molecule has 0 saturated carbocycles. The highest BCUT2D eigenvalue weighted by Gasteiger charge is 2.01. The summed E-state index contributed by atoms with van der Waals surface area (Å²) in [7, 11) is 0. The monoisotopic (exact) mass is 217 g/mol. The maximum absolute atomic E-state index is 12.7. The molecule has 1 heterocycles. The van der Waals surface area contributed by atoms with Crippen LogP contribution >= 0.6 is 0 Å². The molecule has 0 bridgehead atoms. The Morgan fingerprint density at radius 3 is 2.50 bits per heavy atom. The lowest BCUT2D eigenvalue weighted by Crippen LogP contribution is -2.00. The molecule has 0 fully saturated rings. The van der Waals surface area contributed by atoms with E-state index in [-0.39, 0.29) is 5.82 Å². The van der Waals surface area contributed by atoms with Crippen LogP contribution in [0.4, 0.5) is 10.2 Å². The highest BCUT2D eigenvalue weighted by atomic mass is 19.1. The van der Waals surface area contributed by atoms with Gasteiger partial charge in [0.2, 0.25) is 0 Å². The number of hydrogen-bond donors (Lipinski definition) is 1. The second-order valence-corrected chi connectivity index (χ2v) is 3.63. The second kappa shape index (κ2) is 4.26. The zero-order chi connectivity index (χ0) is 11.5. The van der Waals surface area contributed by atoms with Crippen LogP contribution in [-0.2, 0) is 6.42 Å². The zero-order valence-corrected chi connectivity index (χ0v) is 8.94. The Hall–Kier alpha value is -1.97. The molecule has 0 radical (unpaired) electrons. The Labute approximate surface area is 93.2 Å². The van der Waals surface area contributed by atoms with E-state index < -0.39 is 0 Å². The fourth-order valence-electron chi connectivity index (χ4n) is 1.56. The van der Waals surface area contributed by atoms with E-state index in [1.165, 1.54) is 12.1 Å². The van der Waals surface area contributed by atoms with Crippen molar-refractivity contribution in [1.29, 1.82) is 0 Å². The molecule has 2 rings (SSSR count). The number of nitrogens with zero attached hydrogens (tertiary/aromatic N) is 2. The molecule has 2 N–H and O–H groups in total. The van der Waals surface area contributed by atoms with E-state index in [2.05, 4.69) is 9.97 Å². The Morgan fingerprint density at radius 1 is 1.19 bits per heavy atom. The van der Waals surface area contributed by atoms with Gasteiger partial charge in [0.05, 0.1) is 5.69 Å². The maximum atomic E-state index is 12.7. The van der Waals surface area contributed by atoms with Gasteiger partial charge < -0.3 is 5.73 Å². The predicted molar refractivity (Wildman–Crippen MR) is 60.4 cm³/mol. The van der Waals surface area contributed by atoms with Crippen molar-refractivity contribution in [3.05, 3.63) is 53.2 Å². The molecule has 0 amide bonds. The number of nitrogens with two attached hydrogens (primary N) is 1. The third-order valence-corrected chi connectivity index (χ3v) is 2.21. The van der Waals surface area contributed by atoms with Crippen LogP contribution in [0.5, 0.6) is 0 Å². The number of aryl methyl sites for hydroxylation is 1. The van der Waals surface area contributed by atoms with Crippen molar-refractivity contribution in [2.75, 3.05) is 5.73 Å². The summed E-state index contributed by atoms with van der Waals surface area (Å²) < 4.78 is 12.7. The van der Waals surface area contributed by atoms with Gasteiger partial charge in [0.15, 0.2) is 0 Å². The van der Waals surface area contributed by atoms with Crippen molar-refractivity contribution in [1.82, 2.24) is 9.97 Å². The average Bonchev–Trinajstić information content (AvgIpc) is 2.20. The van der Waals surface area contributed by atoms with Crippen molar-refractivity contribution in [2.45, 2.75) is 13.3 Å². The molecule has 2 aromatic rings.